The minimum atomic E-state index is -3.54. The van der Waals surface area contributed by atoms with E-state index in [4.69, 9.17) is 4.74 Å². The molecule has 7 heteroatoms. The quantitative estimate of drug-likeness (QED) is 0.844. The van der Waals surface area contributed by atoms with Crippen molar-refractivity contribution in [2.75, 3.05) is 6.61 Å². The number of sulfonamides is 1. The first-order chi connectivity index (χ1) is 10.0. The first kappa shape index (κ1) is 15.5. The highest BCUT2D eigenvalue weighted by Crippen LogP contribution is 2.16. The molecule has 1 unspecified atom stereocenters. The first-order valence-electron chi connectivity index (χ1n) is 6.74. The molecule has 0 saturated carbocycles. The van der Waals surface area contributed by atoms with Gasteiger partial charge in [0.05, 0.1) is 18.0 Å². The molecule has 6 nitrogen and oxygen atoms in total. The van der Waals surface area contributed by atoms with E-state index in [9.17, 15) is 8.42 Å². The highest BCUT2D eigenvalue weighted by atomic mass is 32.2. The second-order valence-corrected chi connectivity index (χ2v) is 6.37. The van der Waals surface area contributed by atoms with E-state index < -0.39 is 10.0 Å². The molecule has 1 N–H and O–H groups in total. The number of nitrogens with zero attached hydrogens (tertiary/aromatic N) is 2. The summed E-state index contributed by atoms with van der Waals surface area (Å²) in [5.74, 6) is 0.654. The molecule has 0 amide bonds. The lowest BCUT2D eigenvalue weighted by molar-refractivity contribution is 0.340. The number of benzene rings is 1. The van der Waals surface area contributed by atoms with Gasteiger partial charge in [0.15, 0.2) is 0 Å². The van der Waals surface area contributed by atoms with Crippen molar-refractivity contribution in [2.45, 2.75) is 31.3 Å². The summed E-state index contributed by atoms with van der Waals surface area (Å²) in [5.41, 5.74) is 0. The summed E-state index contributed by atoms with van der Waals surface area (Å²) in [6, 6.07) is 7.91. The Labute approximate surface area is 124 Å². The van der Waals surface area contributed by atoms with Gasteiger partial charge in [0, 0.05) is 18.4 Å². The Bertz CT molecular complexity index is 651. The van der Waals surface area contributed by atoms with E-state index in [0.29, 0.717) is 18.9 Å². The molecule has 1 aromatic carbocycles. The maximum atomic E-state index is 12.3. The van der Waals surface area contributed by atoms with E-state index in [1.807, 2.05) is 6.92 Å². The molecule has 2 aromatic rings. The largest absolute Gasteiger partial charge is 0.494 e. The normalized spacial score (nSPS) is 13.0. The second-order valence-electron chi connectivity index (χ2n) is 4.65. The highest BCUT2D eigenvalue weighted by Gasteiger charge is 2.17. The van der Waals surface area contributed by atoms with Gasteiger partial charge in [-0.05, 0) is 44.2 Å². The van der Waals surface area contributed by atoms with Crippen LogP contribution in [-0.2, 0) is 16.6 Å². The zero-order chi connectivity index (χ0) is 15.3. The van der Waals surface area contributed by atoms with Gasteiger partial charge in [0.1, 0.15) is 5.75 Å². The van der Waals surface area contributed by atoms with Crippen LogP contribution in [0.5, 0.6) is 5.75 Å². The predicted molar refractivity (Wildman–Crippen MR) is 79.6 cm³/mol. The summed E-state index contributed by atoms with van der Waals surface area (Å²) < 4.78 is 34.1. The molecular formula is C14H19N3O3S. The van der Waals surface area contributed by atoms with Crippen molar-refractivity contribution in [2.24, 2.45) is 0 Å². The lowest BCUT2D eigenvalue weighted by Gasteiger charge is -2.14. The molecule has 0 bridgehead atoms. The van der Waals surface area contributed by atoms with Crippen LogP contribution in [0.2, 0.25) is 0 Å². The standard InChI is InChI=1S/C14H19N3O3S/c1-3-20-13-5-7-14(8-6-13)21(18,19)16-12(2)11-17-10-4-9-15-17/h4-10,12,16H,3,11H2,1-2H3. The van der Waals surface area contributed by atoms with Crippen LogP contribution in [0.15, 0.2) is 47.6 Å². The molecule has 114 valence electrons. The fourth-order valence-corrected chi connectivity index (χ4v) is 3.18. The van der Waals surface area contributed by atoms with Crippen molar-refractivity contribution >= 4 is 10.0 Å². The summed E-state index contributed by atoms with van der Waals surface area (Å²) in [6.45, 7) is 4.70. The predicted octanol–water partition coefficient (Wildman–Crippen LogP) is 1.65. The zero-order valence-electron chi connectivity index (χ0n) is 12.1. The van der Waals surface area contributed by atoms with E-state index in [0.717, 1.165) is 0 Å². The van der Waals surface area contributed by atoms with E-state index in [1.54, 1.807) is 42.2 Å². The Morgan fingerprint density at radius 3 is 2.62 bits per heavy atom. The number of aromatic nitrogens is 2. The molecular weight excluding hydrogens is 290 g/mol. The fourth-order valence-electron chi connectivity index (χ4n) is 1.94. The van der Waals surface area contributed by atoms with Gasteiger partial charge in [-0.3, -0.25) is 4.68 Å². The monoisotopic (exact) mass is 309 g/mol. The number of rotatable bonds is 7. The van der Waals surface area contributed by atoms with E-state index in [2.05, 4.69) is 9.82 Å². The smallest absolute Gasteiger partial charge is 0.240 e. The summed E-state index contributed by atoms with van der Waals surface area (Å²) in [5, 5.41) is 4.06. The molecule has 0 fully saturated rings. The summed E-state index contributed by atoms with van der Waals surface area (Å²) in [6.07, 6.45) is 3.45. The lowest BCUT2D eigenvalue weighted by Crippen LogP contribution is -2.35. The Kier molecular flexibility index (Phi) is 4.98. The maximum Gasteiger partial charge on any atom is 0.240 e. The average Bonchev–Trinajstić information content (AvgIpc) is 2.92. The van der Waals surface area contributed by atoms with Gasteiger partial charge in [-0.1, -0.05) is 0 Å². The number of hydrogen-bond donors (Lipinski definition) is 1. The Morgan fingerprint density at radius 2 is 2.05 bits per heavy atom. The molecule has 0 aliphatic heterocycles. The van der Waals surface area contributed by atoms with Crippen molar-refractivity contribution in [1.82, 2.24) is 14.5 Å². The van der Waals surface area contributed by atoms with Crippen molar-refractivity contribution in [1.29, 1.82) is 0 Å². The molecule has 21 heavy (non-hydrogen) atoms. The highest BCUT2D eigenvalue weighted by molar-refractivity contribution is 7.89. The van der Waals surface area contributed by atoms with Crippen molar-refractivity contribution in [3.8, 4) is 5.75 Å². The van der Waals surface area contributed by atoms with Crippen LogP contribution in [0.25, 0.3) is 0 Å². The summed E-state index contributed by atoms with van der Waals surface area (Å²) >= 11 is 0. The molecule has 1 atom stereocenters. The van der Waals surface area contributed by atoms with E-state index in [-0.39, 0.29) is 10.9 Å². The van der Waals surface area contributed by atoms with Crippen molar-refractivity contribution in [3.63, 3.8) is 0 Å². The molecule has 0 spiro atoms. The van der Waals surface area contributed by atoms with Crippen LogP contribution < -0.4 is 9.46 Å². The van der Waals surface area contributed by atoms with Gasteiger partial charge < -0.3 is 4.74 Å². The zero-order valence-corrected chi connectivity index (χ0v) is 12.9. The number of ether oxygens (including phenoxy) is 1. The van der Waals surface area contributed by atoms with Crippen molar-refractivity contribution in [3.05, 3.63) is 42.7 Å². The van der Waals surface area contributed by atoms with E-state index in [1.165, 1.54) is 12.1 Å². The minimum Gasteiger partial charge on any atom is -0.494 e. The summed E-state index contributed by atoms with van der Waals surface area (Å²) in [7, 11) is -3.54. The minimum absolute atomic E-state index is 0.221. The topological polar surface area (TPSA) is 73.2 Å². The summed E-state index contributed by atoms with van der Waals surface area (Å²) in [4.78, 5) is 0.221. The first-order valence-corrected chi connectivity index (χ1v) is 8.22. The van der Waals surface area contributed by atoms with Crippen LogP contribution in [0.1, 0.15) is 13.8 Å². The molecule has 1 heterocycles. The van der Waals surface area contributed by atoms with Crippen LogP contribution >= 0.6 is 0 Å². The van der Waals surface area contributed by atoms with Crippen molar-refractivity contribution < 1.29 is 13.2 Å². The Hall–Kier alpha value is -1.86. The molecule has 0 radical (unpaired) electrons. The van der Waals surface area contributed by atoms with Gasteiger partial charge in [0.25, 0.3) is 0 Å². The van der Waals surface area contributed by atoms with Gasteiger partial charge in [-0.15, -0.1) is 0 Å². The SMILES string of the molecule is CCOc1ccc(S(=O)(=O)NC(C)Cn2cccn2)cc1. The molecule has 1 aromatic heterocycles. The Balaban J connectivity index is 2.03. The fraction of sp³-hybridized carbons (Fsp3) is 0.357. The maximum absolute atomic E-state index is 12.3. The third-order valence-electron chi connectivity index (χ3n) is 2.82. The third kappa shape index (κ3) is 4.30. The van der Waals surface area contributed by atoms with Crippen LogP contribution in [0.3, 0.4) is 0 Å². The average molecular weight is 309 g/mol. The Morgan fingerprint density at radius 1 is 1.33 bits per heavy atom. The van der Waals surface area contributed by atoms with Crippen LogP contribution in [0, 0.1) is 0 Å². The number of hydrogen-bond acceptors (Lipinski definition) is 4. The molecule has 0 aliphatic carbocycles. The van der Waals surface area contributed by atoms with Crippen LogP contribution in [0.4, 0.5) is 0 Å². The van der Waals surface area contributed by atoms with Gasteiger partial charge in [0.2, 0.25) is 10.0 Å². The number of nitrogens with one attached hydrogen (secondary N) is 1. The van der Waals surface area contributed by atoms with Gasteiger partial charge in [-0.2, -0.15) is 5.10 Å². The van der Waals surface area contributed by atoms with E-state index >= 15 is 0 Å². The molecule has 0 saturated heterocycles. The van der Waals surface area contributed by atoms with Gasteiger partial charge >= 0.3 is 0 Å². The molecule has 0 aliphatic rings. The second kappa shape index (κ2) is 6.73. The molecule has 2 rings (SSSR count). The van der Waals surface area contributed by atoms with Crippen LogP contribution in [-0.4, -0.2) is 30.8 Å². The van der Waals surface area contributed by atoms with Gasteiger partial charge in [-0.25, -0.2) is 13.1 Å². The third-order valence-corrected chi connectivity index (χ3v) is 4.43. The lowest BCUT2D eigenvalue weighted by atomic mass is 10.3.